The number of benzene rings is 1. The van der Waals surface area contributed by atoms with Gasteiger partial charge in [-0.1, -0.05) is 29.8 Å². The quantitative estimate of drug-likeness (QED) is 0.770. The summed E-state index contributed by atoms with van der Waals surface area (Å²) >= 11 is 1.49. The molecule has 0 aliphatic rings. The Morgan fingerprint density at radius 3 is 2.68 bits per heavy atom. The number of nitrogens with zero attached hydrogens (tertiary/aromatic N) is 1. The molecule has 5 nitrogen and oxygen atoms in total. The molecule has 1 amide bonds. The molecule has 2 N–H and O–H groups in total. The molecule has 0 unspecified atom stereocenters. The van der Waals surface area contributed by atoms with Crippen LogP contribution in [0.2, 0.25) is 0 Å². The maximum absolute atomic E-state index is 11.8. The van der Waals surface area contributed by atoms with Gasteiger partial charge in [0.25, 0.3) is 0 Å². The smallest absolute Gasteiger partial charge is 0.240 e. The Labute approximate surface area is 134 Å². The van der Waals surface area contributed by atoms with Crippen molar-refractivity contribution in [3.05, 3.63) is 34.7 Å². The maximum Gasteiger partial charge on any atom is 0.240 e. The molecule has 0 spiro atoms. The van der Waals surface area contributed by atoms with Gasteiger partial charge in [-0.15, -0.1) is 11.3 Å². The van der Waals surface area contributed by atoms with Gasteiger partial charge in [-0.25, -0.2) is 4.98 Å². The lowest BCUT2D eigenvalue weighted by molar-refractivity contribution is -0.115. The summed E-state index contributed by atoms with van der Waals surface area (Å²) in [7, 11) is 1.63. The highest BCUT2D eigenvalue weighted by molar-refractivity contribution is 7.16. The summed E-state index contributed by atoms with van der Waals surface area (Å²) in [6.07, 6.45) is 0. The van der Waals surface area contributed by atoms with Gasteiger partial charge in [0.1, 0.15) is 0 Å². The summed E-state index contributed by atoms with van der Waals surface area (Å²) < 4.78 is 4.91. The maximum atomic E-state index is 11.8. The van der Waals surface area contributed by atoms with E-state index in [4.69, 9.17) is 4.74 Å². The van der Waals surface area contributed by atoms with Crippen LogP contribution >= 0.6 is 11.3 Å². The first-order valence-electron chi connectivity index (χ1n) is 7.14. The van der Waals surface area contributed by atoms with E-state index in [-0.39, 0.29) is 12.5 Å². The topological polar surface area (TPSA) is 63.2 Å². The second kappa shape index (κ2) is 8.03. The number of hydrogen-bond donors (Lipinski definition) is 2. The highest BCUT2D eigenvalue weighted by atomic mass is 32.1. The van der Waals surface area contributed by atoms with Crippen LogP contribution in [0.25, 0.3) is 11.3 Å². The number of methoxy groups -OCH3 is 1. The van der Waals surface area contributed by atoms with Crippen LogP contribution in [0.15, 0.2) is 24.3 Å². The van der Waals surface area contributed by atoms with Gasteiger partial charge >= 0.3 is 0 Å². The normalized spacial score (nSPS) is 10.7. The number of aryl methyl sites for hydroxylation is 2. The predicted octanol–water partition coefficient (Wildman–Crippen LogP) is 2.60. The van der Waals surface area contributed by atoms with E-state index in [1.54, 1.807) is 7.11 Å². The van der Waals surface area contributed by atoms with E-state index in [0.717, 1.165) is 16.1 Å². The van der Waals surface area contributed by atoms with Crippen LogP contribution < -0.4 is 10.6 Å². The van der Waals surface area contributed by atoms with Crippen molar-refractivity contribution in [3.8, 4) is 11.3 Å². The van der Waals surface area contributed by atoms with Crippen LogP contribution in [0.4, 0.5) is 5.13 Å². The third kappa shape index (κ3) is 4.62. The number of rotatable bonds is 7. The lowest BCUT2D eigenvalue weighted by Crippen LogP contribution is -2.30. The van der Waals surface area contributed by atoms with Gasteiger partial charge in [0.2, 0.25) is 5.91 Å². The molecule has 0 saturated carbocycles. The van der Waals surface area contributed by atoms with E-state index >= 15 is 0 Å². The summed E-state index contributed by atoms with van der Waals surface area (Å²) in [5, 5.41) is 6.46. The number of aromatic nitrogens is 1. The van der Waals surface area contributed by atoms with Crippen LogP contribution in [-0.4, -0.2) is 37.7 Å². The number of carbonyl (C=O) groups is 1. The standard InChI is InChI=1S/C16H21N3O2S/c1-11-4-6-13(7-5-11)15-12(2)22-16(19-15)18-14(20)10-17-8-9-21-3/h4-7,17H,8-10H2,1-3H3,(H,18,19,20). The molecule has 118 valence electrons. The summed E-state index contributed by atoms with van der Waals surface area (Å²) in [4.78, 5) is 17.4. The van der Waals surface area contributed by atoms with E-state index in [9.17, 15) is 4.79 Å². The molecule has 1 aromatic carbocycles. The molecule has 0 atom stereocenters. The Bertz CT molecular complexity index is 623. The molecule has 2 aromatic rings. The average Bonchev–Trinajstić information content (AvgIpc) is 2.85. The number of thiazole rings is 1. The fourth-order valence-corrected chi connectivity index (χ4v) is 2.82. The van der Waals surface area contributed by atoms with Gasteiger partial charge in [-0.2, -0.15) is 0 Å². The van der Waals surface area contributed by atoms with Crippen LogP contribution in [-0.2, 0) is 9.53 Å². The molecular formula is C16H21N3O2S. The van der Waals surface area contributed by atoms with Gasteiger partial charge in [-0.05, 0) is 13.8 Å². The highest BCUT2D eigenvalue weighted by Crippen LogP contribution is 2.30. The van der Waals surface area contributed by atoms with Crippen molar-refractivity contribution in [2.75, 3.05) is 32.1 Å². The molecular weight excluding hydrogens is 298 g/mol. The Morgan fingerprint density at radius 1 is 1.27 bits per heavy atom. The third-order valence-corrected chi connectivity index (χ3v) is 4.02. The molecule has 0 fully saturated rings. The van der Waals surface area contributed by atoms with E-state index in [1.807, 2.05) is 6.92 Å². The fraction of sp³-hybridized carbons (Fsp3) is 0.375. The molecule has 0 aliphatic heterocycles. The average molecular weight is 319 g/mol. The van der Waals surface area contributed by atoms with Crippen molar-refractivity contribution < 1.29 is 9.53 Å². The number of ether oxygens (including phenoxy) is 1. The Morgan fingerprint density at radius 2 is 2.00 bits per heavy atom. The monoisotopic (exact) mass is 319 g/mol. The highest BCUT2D eigenvalue weighted by Gasteiger charge is 2.11. The summed E-state index contributed by atoms with van der Waals surface area (Å²) in [5.74, 6) is -0.0969. The van der Waals surface area contributed by atoms with Crippen LogP contribution in [0, 0.1) is 13.8 Å². The van der Waals surface area contributed by atoms with Crippen LogP contribution in [0.3, 0.4) is 0 Å². The van der Waals surface area contributed by atoms with E-state index in [1.165, 1.54) is 16.9 Å². The molecule has 0 saturated heterocycles. The zero-order valence-corrected chi connectivity index (χ0v) is 13.9. The van der Waals surface area contributed by atoms with Gasteiger partial charge in [0.15, 0.2) is 5.13 Å². The van der Waals surface area contributed by atoms with Crippen LogP contribution in [0.1, 0.15) is 10.4 Å². The van der Waals surface area contributed by atoms with E-state index in [0.29, 0.717) is 18.3 Å². The molecule has 22 heavy (non-hydrogen) atoms. The second-order valence-corrected chi connectivity index (χ2v) is 6.21. The minimum atomic E-state index is -0.0969. The molecule has 0 bridgehead atoms. The SMILES string of the molecule is COCCNCC(=O)Nc1nc(-c2ccc(C)cc2)c(C)s1. The molecule has 1 heterocycles. The first kappa shape index (κ1) is 16.6. The van der Waals surface area contributed by atoms with E-state index < -0.39 is 0 Å². The fourth-order valence-electron chi connectivity index (χ4n) is 1.97. The predicted molar refractivity (Wildman–Crippen MR) is 90.4 cm³/mol. The first-order valence-corrected chi connectivity index (χ1v) is 7.96. The van der Waals surface area contributed by atoms with E-state index in [2.05, 4.69) is 46.8 Å². The lowest BCUT2D eigenvalue weighted by Gasteiger charge is -2.03. The van der Waals surface area contributed by atoms with Gasteiger partial charge < -0.3 is 15.4 Å². The van der Waals surface area contributed by atoms with Crippen molar-refractivity contribution in [3.63, 3.8) is 0 Å². The summed E-state index contributed by atoms with van der Waals surface area (Å²) in [6.45, 7) is 5.55. The second-order valence-electron chi connectivity index (χ2n) is 5.01. The number of amides is 1. The first-order chi connectivity index (χ1) is 10.6. The minimum Gasteiger partial charge on any atom is -0.383 e. The summed E-state index contributed by atoms with van der Waals surface area (Å²) in [5.41, 5.74) is 3.21. The molecule has 1 aromatic heterocycles. The lowest BCUT2D eigenvalue weighted by atomic mass is 10.1. The number of anilines is 1. The van der Waals surface area contributed by atoms with Gasteiger partial charge in [0, 0.05) is 24.1 Å². The minimum absolute atomic E-state index is 0.0969. The molecule has 0 radical (unpaired) electrons. The number of nitrogens with one attached hydrogen (secondary N) is 2. The summed E-state index contributed by atoms with van der Waals surface area (Å²) in [6, 6.07) is 8.22. The molecule has 2 rings (SSSR count). The van der Waals surface area contributed by atoms with Crippen molar-refractivity contribution in [1.29, 1.82) is 0 Å². The van der Waals surface area contributed by atoms with Crippen molar-refractivity contribution >= 4 is 22.4 Å². The Balaban J connectivity index is 1.97. The van der Waals surface area contributed by atoms with Gasteiger partial charge in [-0.3, -0.25) is 4.79 Å². The van der Waals surface area contributed by atoms with Crippen molar-refractivity contribution in [1.82, 2.24) is 10.3 Å². The Hall–Kier alpha value is -1.76. The largest absolute Gasteiger partial charge is 0.383 e. The third-order valence-electron chi connectivity index (χ3n) is 3.14. The zero-order chi connectivity index (χ0) is 15.9. The van der Waals surface area contributed by atoms with Gasteiger partial charge in [0.05, 0.1) is 18.8 Å². The number of carbonyl (C=O) groups excluding carboxylic acids is 1. The zero-order valence-electron chi connectivity index (χ0n) is 13.1. The number of hydrogen-bond acceptors (Lipinski definition) is 5. The van der Waals surface area contributed by atoms with Crippen molar-refractivity contribution in [2.24, 2.45) is 0 Å². The molecule has 6 heteroatoms. The van der Waals surface area contributed by atoms with Crippen molar-refractivity contribution in [2.45, 2.75) is 13.8 Å². The molecule has 0 aliphatic carbocycles. The Kier molecular flexibility index (Phi) is 6.06. The van der Waals surface area contributed by atoms with Crippen LogP contribution in [0.5, 0.6) is 0 Å².